The van der Waals surface area contributed by atoms with E-state index in [1.165, 1.54) is 0 Å². The molecule has 0 aromatic carbocycles. The summed E-state index contributed by atoms with van der Waals surface area (Å²) in [5, 5.41) is 2.67. The van der Waals surface area contributed by atoms with Crippen molar-refractivity contribution in [1.29, 1.82) is 0 Å². The fraction of sp³-hybridized carbons (Fsp3) is 0.789. The lowest BCUT2D eigenvalue weighted by Gasteiger charge is -2.37. The molecule has 0 spiro atoms. The number of hydrogen-bond donors (Lipinski definition) is 1. The van der Waals surface area contributed by atoms with Crippen LogP contribution in [-0.2, 0) is 25.5 Å². The van der Waals surface area contributed by atoms with Crippen LogP contribution in [0.25, 0.3) is 0 Å². The van der Waals surface area contributed by atoms with Crippen molar-refractivity contribution >= 4 is 23.1 Å². The second-order valence-corrected chi connectivity index (χ2v) is 9.23. The van der Waals surface area contributed by atoms with Crippen molar-refractivity contribution in [3.8, 4) is 0 Å². The molecule has 0 saturated heterocycles. The number of ether oxygens (including phenoxy) is 1. The molecule has 0 aliphatic heterocycles. The van der Waals surface area contributed by atoms with Gasteiger partial charge in [-0.25, -0.2) is 4.79 Å². The molecule has 5 atom stereocenters. The molecule has 0 aromatic rings. The lowest BCUT2D eigenvalue weighted by atomic mass is 9.75. The summed E-state index contributed by atoms with van der Waals surface area (Å²) >= 11 is -1.04. The summed E-state index contributed by atoms with van der Waals surface area (Å²) in [6.45, 7) is 11.7. The first kappa shape index (κ1) is 22.0. The fourth-order valence-electron chi connectivity index (χ4n) is 3.30. The van der Waals surface area contributed by atoms with Gasteiger partial charge in [-0.05, 0) is 37.5 Å². The summed E-state index contributed by atoms with van der Waals surface area (Å²) in [7, 11) is 0. The Labute approximate surface area is 155 Å². The summed E-state index contributed by atoms with van der Waals surface area (Å²) in [5.74, 6) is 0.852. The SMILES string of the molecule is C=C(C)C(=O)N[C@@H](CC[S+](C)[O-])C(=O)O[C@@H]1CC(C)CC[C@H]1C(C)C. The maximum atomic E-state index is 12.7. The number of rotatable bonds is 8. The minimum absolute atomic E-state index is 0.118. The van der Waals surface area contributed by atoms with Crippen LogP contribution in [0.1, 0.15) is 53.4 Å². The summed E-state index contributed by atoms with van der Waals surface area (Å²) < 4.78 is 17.2. The number of esters is 1. The molecule has 1 fully saturated rings. The van der Waals surface area contributed by atoms with Gasteiger partial charge in [-0.15, -0.1) is 0 Å². The van der Waals surface area contributed by atoms with E-state index < -0.39 is 23.2 Å². The first-order valence-electron chi connectivity index (χ1n) is 9.08. The largest absolute Gasteiger partial charge is 0.617 e. The van der Waals surface area contributed by atoms with Gasteiger partial charge < -0.3 is 14.6 Å². The molecule has 0 radical (unpaired) electrons. The van der Waals surface area contributed by atoms with Crippen LogP contribution in [0.5, 0.6) is 0 Å². The zero-order chi connectivity index (χ0) is 19.1. The minimum atomic E-state index is -1.04. The van der Waals surface area contributed by atoms with E-state index in [1.807, 2.05) is 0 Å². The van der Waals surface area contributed by atoms with Gasteiger partial charge in [-0.1, -0.05) is 44.9 Å². The summed E-state index contributed by atoms with van der Waals surface area (Å²) in [6, 6.07) is -0.779. The van der Waals surface area contributed by atoms with Crippen LogP contribution in [0, 0.1) is 17.8 Å². The second kappa shape index (κ2) is 10.2. The van der Waals surface area contributed by atoms with E-state index in [0.717, 1.165) is 19.3 Å². The first-order chi connectivity index (χ1) is 11.6. The Hall–Kier alpha value is -1.01. The third kappa shape index (κ3) is 7.40. The molecule has 1 amide bonds. The Morgan fingerprint density at radius 1 is 1.36 bits per heavy atom. The van der Waals surface area contributed by atoms with Crippen molar-refractivity contribution < 1.29 is 18.9 Å². The highest BCUT2D eigenvalue weighted by atomic mass is 32.2. The Kier molecular flexibility index (Phi) is 9.00. The Morgan fingerprint density at radius 3 is 2.52 bits per heavy atom. The van der Waals surface area contributed by atoms with E-state index in [9.17, 15) is 14.1 Å². The molecule has 1 N–H and O–H groups in total. The molecule has 144 valence electrons. The van der Waals surface area contributed by atoms with Gasteiger partial charge in [0.1, 0.15) is 17.9 Å². The van der Waals surface area contributed by atoms with Crippen LogP contribution < -0.4 is 5.32 Å². The number of nitrogens with one attached hydrogen (secondary N) is 1. The van der Waals surface area contributed by atoms with Crippen LogP contribution in [0.2, 0.25) is 0 Å². The van der Waals surface area contributed by atoms with E-state index in [4.69, 9.17) is 4.74 Å². The minimum Gasteiger partial charge on any atom is -0.617 e. The van der Waals surface area contributed by atoms with Gasteiger partial charge in [0.2, 0.25) is 5.91 Å². The number of hydrogen-bond acceptors (Lipinski definition) is 4. The average molecular weight is 372 g/mol. The standard InChI is InChI=1S/C19H33NO4S/c1-12(2)15-8-7-14(5)11-17(15)24-19(22)16(9-10-25(6)23)20-18(21)13(3)4/h12,14-17H,3,7-11H2,1-2,4-6H3,(H,20,21)/t14?,15-,16-,17+,25?/m0/s1. The quantitative estimate of drug-likeness (QED) is 0.404. The Balaban J connectivity index is 2.79. The van der Waals surface area contributed by atoms with Crippen LogP contribution in [0.4, 0.5) is 0 Å². The molecular weight excluding hydrogens is 338 g/mol. The smallest absolute Gasteiger partial charge is 0.329 e. The topological polar surface area (TPSA) is 78.5 Å². The van der Waals surface area contributed by atoms with Crippen LogP contribution >= 0.6 is 0 Å². The number of amides is 1. The van der Waals surface area contributed by atoms with E-state index in [-0.39, 0.29) is 12.0 Å². The molecule has 1 rings (SSSR count). The van der Waals surface area contributed by atoms with E-state index in [1.54, 1.807) is 13.2 Å². The monoisotopic (exact) mass is 371 g/mol. The predicted molar refractivity (Wildman–Crippen MR) is 102 cm³/mol. The lowest BCUT2D eigenvalue weighted by Crippen LogP contribution is -2.46. The second-order valence-electron chi connectivity index (χ2n) is 7.67. The van der Waals surface area contributed by atoms with Gasteiger partial charge in [-0.3, -0.25) is 4.79 Å². The van der Waals surface area contributed by atoms with Gasteiger partial charge in [-0.2, -0.15) is 0 Å². The molecule has 5 nitrogen and oxygen atoms in total. The average Bonchev–Trinajstić information content (AvgIpc) is 2.50. The maximum Gasteiger partial charge on any atom is 0.329 e. The van der Waals surface area contributed by atoms with Gasteiger partial charge >= 0.3 is 5.97 Å². The molecule has 2 unspecified atom stereocenters. The number of carbonyl (C=O) groups is 2. The summed E-state index contributed by atoms with van der Waals surface area (Å²) in [4.78, 5) is 24.6. The Bertz CT molecular complexity index is 478. The van der Waals surface area contributed by atoms with Crippen molar-refractivity contribution in [1.82, 2.24) is 5.32 Å². The number of carbonyl (C=O) groups excluding carboxylic acids is 2. The zero-order valence-corrected chi connectivity index (χ0v) is 17.0. The van der Waals surface area contributed by atoms with E-state index >= 15 is 0 Å². The third-order valence-electron chi connectivity index (χ3n) is 4.90. The molecule has 6 heteroatoms. The zero-order valence-electron chi connectivity index (χ0n) is 16.2. The summed E-state index contributed by atoms with van der Waals surface area (Å²) in [6.07, 6.45) is 4.83. The highest BCUT2D eigenvalue weighted by molar-refractivity contribution is 7.90. The van der Waals surface area contributed by atoms with E-state index in [2.05, 4.69) is 32.7 Å². The molecule has 0 bridgehead atoms. The van der Waals surface area contributed by atoms with Gasteiger partial charge in [0.25, 0.3) is 0 Å². The predicted octanol–water partition coefficient (Wildman–Crippen LogP) is 2.82. The highest BCUT2D eigenvalue weighted by Gasteiger charge is 2.35. The van der Waals surface area contributed by atoms with Crippen LogP contribution in [0.3, 0.4) is 0 Å². The normalized spacial score (nSPS) is 26.0. The molecule has 0 heterocycles. The molecular formula is C19H33NO4S. The van der Waals surface area contributed by atoms with E-state index in [0.29, 0.717) is 35.5 Å². The van der Waals surface area contributed by atoms with Gasteiger partial charge in [0.15, 0.2) is 0 Å². The Morgan fingerprint density at radius 2 is 2.00 bits per heavy atom. The van der Waals surface area contributed by atoms with Crippen LogP contribution in [-0.4, -0.2) is 40.6 Å². The third-order valence-corrected chi connectivity index (χ3v) is 5.71. The molecule has 1 aliphatic carbocycles. The van der Waals surface area contributed by atoms with Crippen molar-refractivity contribution in [2.45, 2.75) is 65.5 Å². The summed E-state index contributed by atoms with van der Waals surface area (Å²) in [5.41, 5.74) is 0.335. The van der Waals surface area contributed by atoms with Crippen molar-refractivity contribution in [2.24, 2.45) is 17.8 Å². The highest BCUT2D eigenvalue weighted by Crippen LogP contribution is 2.35. The van der Waals surface area contributed by atoms with Gasteiger partial charge in [0, 0.05) is 12.0 Å². The molecule has 25 heavy (non-hydrogen) atoms. The molecule has 1 saturated carbocycles. The van der Waals surface area contributed by atoms with Crippen LogP contribution in [0.15, 0.2) is 12.2 Å². The van der Waals surface area contributed by atoms with Crippen molar-refractivity contribution in [3.05, 3.63) is 12.2 Å². The van der Waals surface area contributed by atoms with Crippen molar-refractivity contribution in [2.75, 3.05) is 12.0 Å². The maximum absolute atomic E-state index is 12.7. The van der Waals surface area contributed by atoms with Gasteiger partial charge in [0.05, 0.1) is 6.26 Å². The first-order valence-corrected chi connectivity index (χ1v) is 10.8. The lowest BCUT2D eigenvalue weighted by molar-refractivity contribution is -0.159. The molecule has 1 aliphatic rings. The fourth-order valence-corrected chi connectivity index (χ4v) is 3.86. The van der Waals surface area contributed by atoms with Crippen molar-refractivity contribution in [3.63, 3.8) is 0 Å². The molecule has 0 aromatic heterocycles.